The van der Waals surface area contributed by atoms with Gasteiger partial charge in [-0.15, -0.1) is 0 Å². The Bertz CT molecular complexity index is 910. The summed E-state index contributed by atoms with van der Waals surface area (Å²) in [5, 5.41) is 4.06. The van der Waals surface area contributed by atoms with Gasteiger partial charge in [0.05, 0.1) is 11.1 Å². The van der Waals surface area contributed by atoms with E-state index in [2.05, 4.69) is 46.4 Å². The van der Waals surface area contributed by atoms with Crippen LogP contribution in [0.3, 0.4) is 0 Å². The number of alkyl halides is 3. The molecule has 0 aliphatic carbocycles. The molecule has 0 saturated carbocycles. The van der Waals surface area contributed by atoms with Gasteiger partial charge in [-0.2, -0.15) is 13.2 Å². The quantitative estimate of drug-likeness (QED) is 0.448. The Morgan fingerprint density at radius 1 is 1.00 bits per heavy atom. The summed E-state index contributed by atoms with van der Waals surface area (Å²) in [7, 11) is 0. The lowest BCUT2D eigenvalue weighted by atomic mass is 10.1. The van der Waals surface area contributed by atoms with E-state index in [9.17, 15) is 13.2 Å². The first-order chi connectivity index (χ1) is 14.0. The van der Waals surface area contributed by atoms with Gasteiger partial charge in [0, 0.05) is 36.9 Å². The number of hydrogen-bond acceptors (Lipinski definition) is 3. The maximum atomic E-state index is 12.9. The van der Waals surface area contributed by atoms with Crippen molar-refractivity contribution < 1.29 is 13.2 Å². The van der Waals surface area contributed by atoms with Gasteiger partial charge in [0.1, 0.15) is 0 Å². The molecule has 3 rings (SSSR count). The van der Waals surface area contributed by atoms with Gasteiger partial charge >= 0.3 is 6.18 Å². The maximum absolute atomic E-state index is 12.9. The zero-order chi connectivity index (χ0) is 20.7. The fourth-order valence-corrected chi connectivity index (χ4v) is 3.43. The predicted octanol–water partition coefficient (Wildman–Crippen LogP) is 5.97. The van der Waals surface area contributed by atoms with Crippen molar-refractivity contribution in [3.05, 3.63) is 71.9 Å². The standard InChI is InChI=1S/C23H26F3N3/c1-2-14-29(17-18-7-4-3-5-8-18)15-6-12-27-21-11-13-28-22-16-19(23(24,25)26)9-10-20(21)22/h3-5,7-11,13,16H,2,6,12,14-15,17H2,1H3,(H,27,28). The summed E-state index contributed by atoms with van der Waals surface area (Å²) in [6.45, 7) is 5.83. The lowest BCUT2D eigenvalue weighted by Crippen LogP contribution is -2.26. The molecule has 154 valence electrons. The third kappa shape index (κ3) is 5.94. The highest BCUT2D eigenvalue weighted by Crippen LogP contribution is 2.32. The number of benzene rings is 2. The Labute approximate surface area is 169 Å². The number of halogens is 3. The highest BCUT2D eigenvalue weighted by molar-refractivity contribution is 5.91. The van der Waals surface area contributed by atoms with Crippen LogP contribution in [0.2, 0.25) is 0 Å². The van der Waals surface area contributed by atoms with Crippen LogP contribution >= 0.6 is 0 Å². The number of anilines is 1. The monoisotopic (exact) mass is 401 g/mol. The first-order valence-corrected chi connectivity index (χ1v) is 9.93. The number of nitrogens with one attached hydrogen (secondary N) is 1. The topological polar surface area (TPSA) is 28.2 Å². The van der Waals surface area contributed by atoms with Crippen LogP contribution in [0.1, 0.15) is 30.9 Å². The van der Waals surface area contributed by atoms with E-state index < -0.39 is 11.7 Å². The molecule has 0 radical (unpaired) electrons. The van der Waals surface area contributed by atoms with E-state index in [4.69, 9.17) is 0 Å². The van der Waals surface area contributed by atoms with Crippen LogP contribution in [-0.2, 0) is 12.7 Å². The molecule has 1 N–H and O–H groups in total. The molecule has 0 aliphatic heterocycles. The summed E-state index contributed by atoms with van der Waals surface area (Å²) in [6.07, 6.45) is -0.779. The predicted molar refractivity (Wildman–Crippen MR) is 112 cm³/mol. The average Bonchev–Trinajstić information content (AvgIpc) is 2.71. The van der Waals surface area contributed by atoms with Gasteiger partial charge in [-0.3, -0.25) is 9.88 Å². The van der Waals surface area contributed by atoms with E-state index in [0.29, 0.717) is 10.9 Å². The number of fused-ring (bicyclic) bond motifs is 1. The number of hydrogen-bond donors (Lipinski definition) is 1. The van der Waals surface area contributed by atoms with Gasteiger partial charge in [-0.25, -0.2) is 0 Å². The van der Waals surface area contributed by atoms with E-state index >= 15 is 0 Å². The van der Waals surface area contributed by atoms with Crippen LogP contribution in [0.4, 0.5) is 18.9 Å². The first-order valence-electron chi connectivity index (χ1n) is 9.93. The summed E-state index contributed by atoms with van der Waals surface area (Å²) in [5.74, 6) is 0. The van der Waals surface area contributed by atoms with Gasteiger partial charge in [0.15, 0.2) is 0 Å². The molecule has 3 nitrogen and oxygen atoms in total. The zero-order valence-electron chi connectivity index (χ0n) is 16.5. The van der Waals surface area contributed by atoms with Gasteiger partial charge < -0.3 is 5.32 Å². The van der Waals surface area contributed by atoms with Crippen LogP contribution in [0.15, 0.2) is 60.8 Å². The number of aromatic nitrogens is 1. The third-order valence-corrected chi connectivity index (χ3v) is 4.83. The molecule has 0 aliphatic rings. The minimum Gasteiger partial charge on any atom is -0.384 e. The third-order valence-electron chi connectivity index (χ3n) is 4.83. The number of nitrogens with zero attached hydrogens (tertiary/aromatic N) is 2. The zero-order valence-corrected chi connectivity index (χ0v) is 16.5. The number of rotatable bonds is 9. The fraction of sp³-hybridized carbons (Fsp3) is 0.348. The van der Waals surface area contributed by atoms with Crippen molar-refractivity contribution in [1.82, 2.24) is 9.88 Å². The first kappa shape index (κ1) is 21.1. The lowest BCUT2D eigenvalue weighted by Gasteiger charge is -2.22. The fourth-order valence-electron chi connectivity index (χ4n) is 3.43. The molecule has 0 amide bonds. The molecule has 0 spiro atoms. The molecule has 2 aromatic carbocycles. The summed E-state index contributed by atoms with van der Waals surface area (Å²) >= 11 is 0. The Morgan fingerprint density at radius 3 is 2.52 bits per heavy atom. The summed E-state index contributed by atoms with van der Waals surface area (Å²) in [4.78, 5) is 6.52. The second kappa shape index (κ2) is 9.74. The Kier molecular flexibility index (Phi) is 7.09. The van der Waals surface area contributed by atoms with Crippen LogP contribution < -0.4 is 5.32 Å². The molecular formula is C23H26F3N3. The highest BCUT2D eigenvalue weighted by Gasteiger charge is 2.30. The molecule has 0 atom stereocenters. The largest absolute Gasteiger partial charge is 0.416 e. The molecule has 3 aromatic rings. The average molecular weight is 401 g/mol. The van der Waals surface area contributed by atoms with Crippen LogP contribution in [0.25, 0.3) is 10.9 Å². The summed E-state index contributed by atoms with van der Waals surface area (Å²) in [6, 6.07) is 15.9. The highest BCUT2D eigenvalue weighted by atomic mass is 19.4. The second-order valence-electron chi connectivity index (χ2n) is 7.13. The van der Waals surface area contributed by atoms with E-state index in [1.807, 2.05) is 12.1 Å². The van der Waals surface area contributed by atoms with Crippen LogP contribution in [-0.4, -0.2) is 29.5 Å². The van der Waals surface area contributed by atoms with Crippen LogP contribution in [0.5, 0.6) is 0 Å². The van der Waals surface area contributed by atoms with E-state index in [1.54, 1.807) is 6.20 Å². The summed E-state index contributed by atoms with van der Waals surface area (Å²) in [5.41, 5.74) is 1.79. The molecule has 0 unspecified atom stereocenters. The van der Waals surface area contributed by atoms with Gasteiger partial charge in [-0.1, -0.05) is 43.3 Å². The molecule has 1 aromatic heterocycles. The molecule has 1 heterocycles. The van der Waals surface area contributed by atoms with E-state index in [1.165, 1.54) is 11.6 Å². The molecule has 6 heteroatoms. The molecular weight excluding hydrogens is 375 g/mol. The van der Waals surface area contributed by atoms with Crippen molar-refractivity contribution in [2.75, 3.05) is 25.0 Å². The number of pyridine rings is 1. The normalized spacial score (nSPS) is 11.9. The van der Waals surface area contributed by atoms with Crippen molar-refractivity contribution in [3.8, 4) is 0 Å². The Balaban J connectivity index is 1.58. The Morgan fingerprint density at radius 2 is 1.79 bits per heavy atom. The van der Waals surface area contributed by atoms with E-state index in [0.717, 1.165) is 56.8 Å². The van der Waals surface area contributed by atoms with Gasteiger partial charge in [0.2, 0.25) is 0 Å². The SMILES string of the molecule is CCCN(CCCNc1ccnc2cc(C(F)(F)F)ccc12)Cc1ccccc1. The minimum absolute atomic E-state index is 0.349. The van der Waals surface area contributed by atoms with Gasteiger partial charge in [-0.05, 0) is 43.1 Å². The smallest absolute Gasteiger partial charge is 0.384 e. The molecule has 0 fully saturated rings. The van der Waals surface area contributed by atoms with Crippen LogP contribution in [0, 0.1) is 0 Å². The second-order valence-corrected chi connectivity index (χ2v) is 7.13. The lowest BCUT2D eigenvalue weighted by molar-refractivity contribution is -0.137. The maximum Gasteiger partial charge on any atom is 0.416 e. The van der Waals surface area contributed by atoms with Gasteiger partial charge in [0.25, 0.3) is 0 Å². The van der Waals surface area contributed by atoms with Crippen molar-refractivity contribution >= 4 is 16.6 Å². The Hall–Kier alpha value is -2.60. The van der Waals surface area contributed by atoms with Crippen molar-refractivity contribution in [2.45, 2.75) is 32.5 Å². The summed E-state index contributed by atoms with van der Waals surface area (Å²) < 4.78 is 38.7. The van der Waals surface area contributed by atoms with Crippen molar-refractivity contribution in [3.63, 3.8) is 0 Å². The van der Waals surface area contributed by atoms with E-state index in [-0.39, 0.29) is 0 Å². The molecule has 0 bridgehead atoms. The molecule has 0 saturated heterocycles. The molecule has 29 heavy (non-hydrogen) atoms. The minimum atomic E-state index is -4.36. The van der Waals surface area contributed by atoms with Crippen molar-refractivity contribution in [1.29, 1.82) is 0 Å². The van der Waals surface area contributed by atoms with Crippen molar-refractivity contribution in [2.24, 2.45) is 0 Å².